The number of hydrogen-bond acceptors (Lipinski definition) is 4. The Morgan fingerprint density at radius 2 is 2.11 bits per heavy atom. The minimum atomic E-state index is -0.359. The number of hydrogen-bond donors (Lipinski definition) is 1. The Balaban J connectivity index is 2.75. The van der Waals surface area contributed by atoms with Gasteiger partial charge in [-0.05, 0) is 24.6 Å². The van der Waals surface area contributed by atoms with Crippen molar-refractivity contribution in [2.45, 2.75) is 26.2 Å². The number of benzene rings is 1. The molecule has 0 unspecified atom stereocenters. The molecule has 0 atom stereocenters. The molecule has 0 radical (unpaired) electrons. The van der Waals surface area contributed by atoms with E-state index < -0.39 is 0 Å². The number of rotatable bonds is 6. The van der Waals surface area contributed by atoms with Gasteiger partial charge in [-0.25, -0.2) is 4.79 Å². The van der Waals surface area contributed by atoms with Crippen molar-refractivity contribution in [3.05, 3.63) is 23.8 Å². The fourth-order valence-electron chi connectivity index (χ4n) is 1.87. The van der Waals surface area contributed by atoms with Gasteiger partial charge in [0.2, 0.25) is 0 Å². The lowest BCUT2D eigenvalue weighted by atomic mass is 10.1. The largest absolute Gasteiger partial charge is 0.465 e. The number of nitrogens with zero attached hydrogens (tertiary/aromatic N) is 1. The van der Waals surface area contributed by atoms with Crippen molar-refractivity contribution in [1.29, 1.82) is 0 Å². The van der Waals surface area contributed by atoms with Crippen molar-refractivity contribution in [3.8, 4) is 0 Å². The van der Waals surface area contributed by atoms with E-state index in [4.69, 9.17) is 5.73 Å². The van der Waals surface area contributed by atoms with E-state index in [0.29, 0.717) is 11.3 Å². The SMILES string of the molecule is CCCCCN(C)c1ccc(C(=O)OC)cc1N. The molecule has 0 aliphatic heterocycles. The summed E-state index contributed by atoms with van der Waals surface area (Å²) in [6.45, 7) is 3.15. The van der Waals surface area contributed by atoms with Gasteiger partial charge in [-0.3, -0.25) is 0 Å². The summed E-state index contributed by atoms with van der Waals surface area (Å²) in [6, 6.07) is 5.28. The Kier molecular flexibility index (Phi) is 5.49. The number of carbonyl (C=O) groups excluding carboxylic acids is 1. The highest BCUT2D eigenvalue weighted by molar-refractivity contribution is 5.91. The maximum absolute atomic E-state index is 11.4. The monoisotopic (exact) mass is 250 g/mol. The van der Waals surface area contributed by atoms with Crippen molar-refractivity contribution >= 4 is 17.3 Å². The first-order chi connectivity index (χ1) is 8.60. The van der Waals surface area contributed by atoms with E-state index in [9.17, 15) is 4.79 Å². The lowest BCUT2D eigenvalue weighted by molar-refractivity contribution is 0.0601. The molecule has 18 heavy (non-hydrogen) atoms. The van der Waals surface area contributed by atoms with E-state index in [-0.39, 0.29) is 5.97 Å². The van der Waals surface area contributed by atoms with Gasteiger partial charge in [0.1, 0.15) is 0 Å². The zero-order valence-corrected chi connectivity index (χ0v) is 11.4. The van der Waals surface area contributed by atoms with Crippen LogP contribution in [0.3, 0.4) is 0 Å². The lowest BCUT2D eigenvalue weighted by Crippen LogP contribution is -2.20. The van der Waals surface area contributed by atoms with Crippen LogP contribution in [0.1, 0.15) is 36.5 Å². The summed E-state index contributed by atoms with van der Waals surface area (Å²) in [5, 5.41) is 0. The van der Waals surface area contributed by atoms with E-state index >= 15 is 0 Å². The molecule has 1 rings (SSSR count). The van der Waals surface area contributed by atoms with Crippen LogP contribution in [-0.2, 0) is 4.74 Å². The van der Waals surface area contributed by atoms with E-state index in [2.05, 4.69) is 16.6 Å². The molecule has 1 aromatic carbocycles. The quantitative estimate of drug-likeness (QED) is 0.479. The van der Waals surface area contributed by atoms with Crippen LogP contribution >= 0.6 is 0 Å². The van der Waals surface area contributed by atoms with Gasteiger partial charge < -0.3 is 15.4 Å². The minimum absolute atomic E-state index is 0.359. The second-order valence-electron chi connectivity index (χ2n) is 4.39. The van der Waals surface area contributed by atoms with Gasteiger partial charge in [0.05, 0.1) is 24.0 Å². The molecule has 1 aromatic rings. The average molecular weight is 250 g/mol. The van der Waals surface area contributed by atoms with Crippen LogP contribution in [0.5, 0.6) is 0 Å². The molecule has 0 aliphatic carbocycles. The van der Waals surface area contributed by atoms with Crippen LogP contribution in [0.15, 0.2) is 18.2 Å². The van der Waals surface area contributed by atoms with Gasteiger partial charge in [0.25, 0.3) is 0 Å². The molecular weight excluding hydrogens is 228 g/mol. The number of ether oxygens (including phenoxy) is 1. The van der Waals surface area contributed by atoms with Gasteiger partial charge in [0.15, 0.2) is 0 Å². The van der Waals surface area contributed by atoms with Crippen LogP contribution in [0.2, 0.25) is 0 Å². The molecule has 0 saturated heterocycles. The second kappa shape index (κ2) is 6.89. The highest BCUT2D eigenvalue weighted by Gasteiger charge is 2.10. The minimum Gasteiger partial charge on any atom is -0.465 e. The molecule has 0 bridgehead atoms. The maximum atomic E-state index is 11.4. The molecule has 0 amide bonds. The van der Waals surface area contributed by atoms with Crippen LogP contribution in [0.25, 0.3) is 0 Å². The van der Waals surface area contributed by atoms with Gasteiger partial charge in [-0.2, -0.15) is 0 Å². The molecular formula is C14H22N2O2. The Bertz CT molecular complexity index is 405. The summed E-state index contributed by atoms with van der Waals surface area (Å²) in [5.41, 5.74) is 8.02. The second-order valence-corrected chi connectivity index (χ2v) is 4.39. The highest BCUT2D eigenvalue weighted by Crippen LogP contribution is 2.24. The smallest absolute Gasteiger partial charge is 0.337 e. The third-order valence-corrected chi connectivity index (χ3v) is 2.96. The first-order valence-electron chi connectivity index (χ1n) is 6.29. The van der Waals surface area contributed by atoms with E-state index in [1.165, 1.54) is 20.0 Å². The molecule has 4 nitrogen and oxygen atoms in total. The normalized spacial score (nSPS) is 10.2. The fourth-order valence-corrected chi connectivity index (χ4v) is 1.87. The summed E-state index contributed by atoms with van der Waals surface area (Å²) in [4.78, 5) is 13.5. The Hall–Kier alpha value is -1.71. The van der Waals surface area contributed by atoms with E-state index in [1.54, 1.807) is 12.1 Å². The summed E-state index contributed by atoms with van der Waals surface area (Å²) in [7, 11) is 3.38. The molecule has 0 saturated carbocycles. The molecule has 2 N–H and O–H groups in total. The fraction of sp³-hybridized carbons (Fsp3) is 0.500. The van der Waals surface area contributed by atoms with Crippen molar-refractivity contribution in [2.75, 3.05) is 31.3 Å². The van der Waals surface area contributed by atoms with E-state index in [0.717, 1.165) is 18.7 Å². The zero-order chi connectivity index (χ0) is 13.5. The molecule has 4 heteroatoms. The highest BCUT2D eigenvalue weighted by atomic mass is 16.5. The first-order valence-corrected chi connectivity index (χ1v) is 6.29. The number of nitrogen functional groups attached to an aromatic ring is 1. The van der Waals surface area contributed by atoms with Crippen LogP contribution in [-0.4, -0.2) is 26.7 Å². The number of nitrogens with two attached hydrogens (primary N) is 1. The predicted octanol–water partition coefficient (Wildman–Crippen LogP) is 2.68. The molecule has 0 spiro atoms. The summed E-state index contributed by atoms with van der Waals surface area (Å²) >= 11 is 0. The lowest BCUT2D eigenvalue weighted by Gasteiger charge is -2.21. The topological polar surface area (TPSA) is 55.6 Å². The number of anilines is 2. The first kappa shape index (κ1) is 14.4. The molecule has 0 heterocycles. The average Bonchev–Trinajstić information content (AvgIpc) is 2.37. The summed E-state index contributed by atoms with van der Waals surface area (Å²) < 4.78 is 4.66. The van der Waals surface area contributed by atoms with Crippen LogP contribution < -0.4 is 10.6 Å². The molecule has 0 aromatic heterocycles. The summed E-state index contributed by atoms with van der Waals surface area (Å²) in [6.07, 6.45) is 3.56. The molecule has 0 aliphatic rings. The van der Waals surface area contributed by atoms with Crippen LogP contribution in [0, 0.1) is 0 Å². The van der Waals surface area contributed by atoms with Crippen molar-refractivity contribution in [2.24, 2.45) is 0 Å². The number of unbranched alkanes of at least 4 members (excludes halogenated alkanes) is 2. The van der Waals surface area contributed by atoms with E-state index in [1.807, 2.05) is 13.1 Å². The number of esters is 1. The standard InChI is InChI=1S/C14H22N2O2/c1-4-5-6-9-16(2)13-8-7-11(10-12(13)15)14(17)18-3/h7-8,10H,4-6,9,15H2,1-3H3. The maximum Gasteiger partial charge on any atom is 0.337 e. The van der Waals surface area contributed by atoms with Gasteiger partial charge in [-0.1, -0.05) is 19.8 Å². The summed E-state index contributed by atoms with van der Waals surface area (Å²) in [5.74, 6) is -0.359. The molecule has 0 fully saturated rings. The van der Waals surface area contributed by atoms with Crippen molar-refractivity contribution in [1.82, 2.24) is 0 Å². The van der Waals surface area contributed by atoms with Crippen LogP contribution in [0.4, 0.5) is 11.4 Å². The number of methoxy groups -OCH3 is 1. The predicted molar refractivity (Wildman–Crippen MR) is 75.0 cm³/mol. The van der Waals surface area contributed by atoms with Gasteiger partial charge >= 0.3 is 5.97 Å². The Morgan fingerprint density at radius 3 is 2.67 bits per heavy atom. The third kappa shape index (κ3) is 3.65. The van der Waals surface area contributed by atoms with Gasteiger partial charge in [-0.15, -0.1) is 0 Å². The number of carbonyl (C=O) groups is 1. The molecule has 100 valence electrons. The Morgan fingerprint density at radius 1 is 1.39 bits per heavy atom. The third-order valence-electron chi connectivity index (χ3n) is 2.96. The van der Waals surface area contributed by atoms with Gasteiger partial charge in [0, 0.05) is 13.6 Å². The Labute approximate surface area is 109 Å². The zero-order valence-electron chi connectivity index (χ0n) is 11.4. The van der Waals surface area contributed by atoms with Crippen molar-refractivity contribution < 1.29 is 9.53 Å². The van der Waals surface area contributed by atoms with Crippen molar-refractivity contribution in [3.63, 3.8) is 0 Å².